The van der Waals surface area contributed by atoms with Crippen LogP contribution in [-0.2, 0) is 14.3 Å². The normalized spacial score (nSPS) is 32.7. The first-order valence-electron chi connectivity index (χ1n) is 7.00. The van der Waals surface area contributed by atoms with E-state index in [0.29, 0.717) is 19.4 Å². The van der Waals surface area contributed by atoms with E-state index >= 15 is 0 Å². The van der Waals surface area contributed by atoms with E-state index in [4.69, 9.17) is 10.5 Å². The Balaban J connectivity index is 1.98. The second-order valence-electron chi connectivity index (χ2n) is 5.93. The summed E-state index contributed by atoms with van der Waals surface area (Å²) in [7, 11) is 0. The maximum Gasteiger partial charge on any atom is 0.317 e. The number of carbonyl (C=O) groups is 3. The second-order valence-corrected chi connectivity index (χ2v) is 5.93. The van der Waals surface area contributed by atoms with Crippen LogP contribution >= 0.6 is 0 Å². The molecular weight excluding hydrogens is 278 g/mol. The van der Waals surface area contributed by atoms with E-state index in [1.165, 1.54) is 4.90 Å². The van der Waals surface area contributed by atoms with Crippen molar-refractivity contribution in [2.45, 2.75) is 25.8 Å². The maximum atomic E-state index is 12.2. The highest BCUT2D eigenvalue weighted by atomic mass is 16.5. The molecule has 2 saturated heterocycles. The summed E-state index contributed by atoms with van der Waals surface area (Å²) in [4.78, 5) is 36.3. The van der Waals surface area contributed by atoms with Crippen LogP contribution in [0.3, 0.4) is 0 Å². The number of amides is 3. The van der Waals surface area contributed by atoms with Gasteiger partial charge in [-0.3, -0.25) is 9.59 Å². The lowest BCUT2D eigenvalue weighted by Gasteiger charge is -2.33. The predicted molar refractivity (Wildman–Crippen MR) is 72.4 cm³/mol. The van der Waals surface area contributed by atoms with Crippen molar-refractivity contribution in [1.29, 1.82) is 0 Å². The highest BCUT2D eigenvalue weighted by Gasteiger charge is 2.47. The quantitative estimate of drug-likeness (QED) is 0.641. The fourth-order valence-corrected chi connectivity index (χ4v) is 2.72. The maximum absolute atomic E-state index is 12.2. The molecule has 0 aromatic heterocycles. The third-order valence-electron chi connectivity index (χ3n) is 4.35. The molecule has 21 heavy (non-hydrogen) atoms. The summed E-state index contributed by atoms with van der Waals surface area (Å²) in [6.07, 6.45) is 1.39. The van der Waals surface area contributed by atoms with Crippen molar-refractivity contribution in [2.24, 2.45) is 17.1 Å². The van der Waals surface area contributed by atoms with E-state index in [0.717, 1.165) is 0 Å². The topological polar surface area (TPSA) is 122 Å². The van der Waals surface area contributed by atoms with Crippen molar-refractivity contribution in [3.05, 3.63) is 0 Å². The zero-order valence-electron chi connectivity index (χ0n) is 12.0. The number of likely N-dealkylation sites (tertiary alicyclic amines) is 1. The lowest BCUT2D eigenvalue weighted by Crippen LogP contribution is -2.55. The molecule has 2 aliphatic rings. The molecule has 8 nitrogen and oxygen atoms in total. The molecule has 2 fully saturated rings. The second kappa shape index (κ2) is 5.88. The summed E-state index contributed by atoms with van der Waals surface area (Å²) in [6, 6.07) is -0.958. The molecule has 3 amide bonds. The molecule has 118 valence electrons. The first-order chi connectivity index (χ1) is 9.84. The number of carboxylic acid groups (broad SMARTS) is 1. The number of primary amides is 1. The van der Waals surface area contributed by atoms with Gasteiger partial charge in [-0.1, -0.05) is 0 Å². The number of ether oxygens (including phenoxy) is 1. The molecule has 3 atom stereocenters. The first-order valence-corrected chi connectivity index (χ1v) is 7.00. The standard InChI is InChI=1S/C13H21N3O5/c1-13(11(18)19)7-21-6-9(13)15-12(20)16-4-2-3-8(5-16)10(14)17/h8-9H,2-7H2,1H3,(H2,14,17)(H,15,20)(H,18,19). The van der Waals surface area contributed by atoms with Crippen LogP contribution in [0.2, 0.25) is 0 Å². The van der Waals surface area contributed by atoms with Crippen LogP contribution in [0.4, 0.5) is 4.79 Å². The molecule has 2 rings (SSSR count). The molecule has 0 spiro atoms. The fourth-order valence-electron chi connectivity index (χ4n) is 2.72. The van der Waals surface area contributed by atoms with Crippen LogP contribution in [0, 0.1) is 11.3 Å². The monoisotopic (exact) mass is 299 g/mol. The SMILES string of the molecule is CC1(C(=O)O)COCC1NC(=O)N1CCCC(C(N)=O)C1. The van der Waals surface area contributed by atoms with Crippen LogP contribution in [0.15, 0.2) is 0 Å². The Morgan fingerprint density at radius 3 is 2.76 bits per heavy atom. The number of carbonyl (C=O) groups excluding carboxylic acids is 2. The number of hydrogen-bond acceptors (Lipinski definition) is 4. The van der Waals surface area contributed by atoms with Crippen LogP contribution in [0.1, 0.15) is 19.8 Å². The van der Waals surface area contributed by atoms with Gasteiger partial charge in [0.1, 0.15) is 5.41 Å². The third-order valence-corrected chi connectivity index (χ3v) is 4.35. The van der Waals surface area contributed by atoms with Gasteiger partial charge in [-0.15, -0.1) is 0 Å². The molecule has 3 unspecified atom stereocenters. The molecule has 0 bridgehead atoms. The Labute approximate surface area is 122 Å². The zero-order valence-corrected chi connectivity index (χ0v) is 12.0. The van der Waals surface area contributed by atoms with Gasteiger partial charge in [0.15, 0.2) is 0 Å². The molecule has 4 N–H and O–H groups in total. The largest absolute Gasteiger partial charge is 0.481 e. The molecular formula is C13H21N3O5. The summed E-state index contributed by atoms with van der Waals surface area (Å²) < 4.78 is 5.19. The predicted octanol–water partition coefficient (Wildman–Crippen LogP) is -0.617. The van der Waals surface area contributed by atoms with E-state index in [-0.39, 0.29) is 31.7 Å². The summed E-state index contributed by atoms with van der Waals surface area (Å²) in [5.74, 6) is -1.75. The highest BCUT2D eigenvalue weighted by Crippen LogP contribution is 2.29. The summed E-state index contributed by atoms with van der Waals surface area (Å²) in [5.41, 5.74) is 4.15. The van der Waals surface area contributed by atoms with Crippen LogP contribution in [0.5, 0.6) is 0 Å². The molecule has 0 saturated carbocycles. The first kappa shape index (κ1) is 15.6. The summed E-state index contributed by atoms with van der Waals surface area (Å²) >= 11 is 0. The Kier molecular flexibility index (Phi) is 4.36. The van der Waals surface area contributed by atoms with Gasteiger partial charge in [-0.05, 0) is 19.8 Å². The highest BCUT2D eigenvalue weighted by molar-refractivity contribution is 5.81. The van der Waals surface area contributed by atoms with Crippen molar-refractivity contribution in [2.75, 3.05) is 26.3 Å². The number of nitrogens with one attached hydrogen (secondary N) is 1. The third kappa shape index (κ3) is 3.10. The lowest BCUT2D eigenvalue weighted by molar-refractivity contribution is -0.148. The molecule has 0 aromatic carbocycles. The van der Waals surface area contributed by atoms with Crippen LogP contribution in [-0.4, -0.2) is 60.3 Å². The number of nitrogens with two attached hydrogens (primary N) is 1. The minimum atomic E-state index is -1.13. The van der Waals surface area contributed by atoms with Gasteiger partial charge >= 0.3 is 12.0 Å². The molecule has 0 aromatic rings. The number of carboxylic acids is 1. The van der Waals surface area contributed by atoms with Gasteiger partial charge < -0.3 is 25.8 Å². The number of urea groups is 1. The van der Waals surface area contributed by atoms with Gasteiger partial charge in [0.2, 0.25) is 5.91 Å². The Bertz CT molecular complexity index is 455. The van der Waals surface area contributed by atoms with E-state index in [1.54, 1.807) is 6.92 Å². The average molecular weight is 299 g/mol. The smallest absolute Gasteiger partial charge is 0.317 e. The van der Waals surface area contributed by atoms with Crippen molar-refractivity contribution in [3.8, 4) is 0 Å². The molecule has 2 heterocycles. The zero-order chi connectivity index (χ0) is 15.6. The van der Waals surface area contributed by atoms with Gasteiger partial charge in [-0.2, -0.15) is 0 Å². The van der Waals surface area contributed by atoms with E-state index in [1.807, 2.05) is 0 Å². The van der Waals surface area contributed by atoms with Crippen molar-refractivity contribution >= 4 is 17.9 Å². The van der Waals surface area contributed by atoms with Crippen LogP contribution < -0.4 is 11.1 Å². The Morgan fingerprint density at radius 1 is 1.43 bits per heavy atom. The summed E-state index contributed by atoms with van der Waals surface area (Å²) in [6.45, 7) is 2.60. The van der Waals surface area contributed by atoms with Crippen molar-refractivity contribution in [1.82, 2.24) is 10.2 Å². The number of nitrogens with zero attached hydrogens (tertiary/aromatic N) is 1. The number of aliphatic carboxylic acids is 1. The van der Waals surface area contributed by atoms with Crippen molar-refractivity contribution in [3.63, 3.8) is 0 Å². The molecule has 0 radical (unpaired) electrons. The molecule has 2 aliphatic heterocycles. The Morgan fingerprint density at radius 2 is 2.14 bits per heavy atom. The van der Waals surface area contributed by atoms with Gasteiger partial charge in [0.05, 0.1) is 25.2 Å². The molecule has 0 aliphatic carbocycles. The van der Waals surface area contributed by atoms with Crippen molar-refractivity contribution < 1.29 is 24.2 Å². The minimum absolute atomic E-state index is 0.0667. The fraction of sp³-hybridized carbons (Fsp3) is 0.769. The number of hydrogen-bond donors (Lipinski definition) is 3. The van der Waals surface area contributed by atoms with E-state index < -0.39 is 23.3 Å². The minimum Gasteiger partial charge on any atom is -0.481 e. The van der Waals surface area contributed by atoms with E-state index in [9.17, 15) is 19.5 Å². The van der Waals surface area contributed by atoms with Gasteiger partial charge in [-0.25, -0.2) is 4.79 Å². The Hall–Kier alpha value is -1.83. The number of rotatable bonds is 3. The number of piperidine rings is 1. The van der Waals surface area contributed by atoms with Crippen LogP contribution in [0.25, 0.3) is 0 Å². The van der Waals surface area contributed by atoms with Gasteiger partial charge in [0.25, 0.3) is 0 Å². The summed E-state index contributed by atoms with van der Waals surface area (Å²) in [5, 5.41) is 12.0. The average Bonchev–Trinajstić information content (AvgIpc) is 2.81. The molecule has 8 heteroatoms. The van der Waals surface area contributed by atoms with E-state index in [2.05, 4.69) is 5.32 Å². The lowest BCUT2D eigenvalue weighted by atomic mass is 9.85. The van der Waals surface area contributed by atoms with Gasteiger partial charge in [0, 0.05) is 13.1 Å².